The van der Waals surface area contributed by atoms with Gasteiger partial charge in [0.25, 0.3) is 0 Å². The topological polar surface area (TPSA) is 93.0 Å². The summed E-state index contributed by atoms with van der Waals surface area (Å²) in [4.78, 5) is 13.4. The second-order valence-corrected chi connectivity index (χ2v) is 4.17. The highest BCUT2D eigenvalue weighted by atomic mass is 16.3. The Hall–Kier alpha value is -0.690. The van der Waals surface area contributed by atoms with E-state index in [1.807, 2.05) is 0 Å². The minimum absolute atomic E-state index is 0.175. The highest BCUT2D eigenvalue weighted by Crippen LogP contribution is 2.21. The number of nitrogens with zero attached hydrogens (tertiary/aromatic N) is 1. The lowest BCUT2D eigenvalue weighted by Gasteiger charge is -2.44. The largest absolute Gasteiger partial charge is 0.394 e. The molecule has 1 amide bonds. The third-order valence-corrected chi connectivity index (χ3v) is 3.24. The van der Waals surface area contributed by atoms with E-state index in [-0.39, 0.29) is 11.9 Å². The summed E-state index contributed by atoms with van der Waals surface area (Å²) in [7, 11) is 1.70. The summed E-state index contributed by atoms with van der Waals surface area (Å²) in [5, 5.41) is 30.7. The van der Waals surface area contributed by atoms with Gasteiger partial charge in [0.15, 0.2) is 0 Å². The molecule has 0 radical (unpaired) electrons. The van der Waals surface area contributed by atoms with E-state index >= 15 is 0 Å². The van der Waals surface area contributed by atoms with Gasteiger partial charge < -0.3 is 25.5 Å². The summed E-state index contributed by atoms with van der Waals surface area (Å²) >= 11 is 0. The molecule has 94 valence electrons. The van der Waals surface area contributed by atoms with Crippen molar-refractivity contribution in [2.75, 3.05) is 33.4 Å². The minimum atomic E-state index is -1.24. The van der Waals surface area contributed by atoms with Crippen LogP contribution in [0, 0.1) is 0 Å². The molecule has 1 aliphatic heterocycles. The van der Waals surface area contributed by atoms with Crippen molar-refractivity contribution in [3.05, 3.63) is 0 Å². The van der Waals surface area contributed by atoms with E-state index in [1.165, 1.54) is 4.90 Å². The van der Waals surface area contributed by atoms with Crippen LogP contribution in [0.25, 0.3) is 0 Å². The lowest BCUT2D eigenvalue weighted by molar-refractivity contribution is -0.151. The van der Waals surface area contributed by atoms with Crippen LogP contribution < -0.4 is 5.32 Å². The average Bonchev–Trinajstić information content (AvgIpc) is 2.34. The number of carbonyl (C=O) groups is 1. The first-order chi connectivity index (χ1) is 7.65. The Labute approximate surface area is 94.9 Å². The summed E-state index contributed by atoms with van der Waals surface area (Å²) in [6, 6.07) is -0.294. The molecule has 16 heavy (non-hydrogen) atoms. The zero-order valence-electron chi connectivity index (χ0n) is 9.52. The quantitative estimate of drug-likeness (QED) is 0.436. The van der Waals surface area contributed by atoms with Gasteiger partial charge in [-0.15, -0.1) is 0 Å². The fraction of sp³-hybridized carbons (Fsp3) is 0.900. The number of likely N-dealkylation sites (tertiary alicyclic amines) is 1. The number of hydrogen-bond donors (Lipinski definition) is 4. The molecule has 1 aliphatic rings. The highest BCUT2D eigenvalue weighted by Gasteiger charge is 2.42. The van der Waals surface area contributed by atoms with Crippen LogP contribution >= 0.6 is 0 Å². The van der Waals surface area contributed by atoms with E-state index in [2.05, 4.69) is 5.32 Å². The Bertz CT molecular complexity index is 235. The van der Waals surface area contributed by atoms with Gasteiger partial charge in [0, 0.05) is 6.54 Å². The van der Waals surface area contributed by atoms with E-state index in [0.29, 0.717) is 6.54 Å². The second-order valence-electron chi connectivity index (χ2n) is 4.17. The van der Waals surface area contributed by atoms with Crippen LogP contribution in [0.4, 0.5) is 0 Å². The highest BCUT2D eigenvalue weighted by molar-refractivity contribution is 5.83. The SMILES string of the molecule is CNC1CCCN(C(CO)(CO)CO)C1=O. The normalized spacial score (nSPS) is 22.6. The molecule has 0 aromatic rings. The number of aliphatic hydroxyl groups excluding tert-OH is 3. The van der Waals surface area contributed by atoms with E-state index in [9.17, 15) is 20.1 Å². The molecule has 1 rings (SSSR count). The first kappa shape index (κ1) is 13.4. The maximum atomic E-state index is 12.0. The number of hydrogen-bond acceptors (Lipinski definition) is 5. The molecule has 0 bridgehead atoms. The molecule has 0 aliphatic carbocycles. The Kier molecular flexibility index (Phi) is 4.67. The predicted molar refractivity (Wildman–Crippen MR) is 57.8 cm³/mol. The van der Waals surface area contributed by atoms with E-state index in [1.54, 1.807) is 7.05 Å². The molecule has 1 fully saturated rings. The molecule has 1 unspecified atom stereocenters. The molecule has 1 heterocycles. The van der Waals surface area contributed by atoms with E-state index < -0.39 is 25.4 Å². The van der Waals surface area contributed by atoms with Crippen molar-refractivity contribution < 1.29 is 20.1 Å². The molecule has 0 saturated carbocycles. The van der Waals surface area contributed by atoms with Crippen LogP contribution in [0.1, 0.15) is 12.8 Å². The van der Waals surface area contributed by atoms with Crippen molar-refractivity contribution in [1.82, 2.24) is 10.2 Å². The fourth-order valence-corrected chi connectivity index (χ4v) is 2.02. The van der Waals surface area contributed by atoms with Gasteiger partial charge in [-0.1, -0.05) is 0 Å². The number of likely N-dealkylation sites (N-methyl/N-ethyl adjacent to an activating group) is 1. The van der Waals surface area contributed by atoms with Gasteiger partial charge in [-0.3, -0.25) is 4.79 Å². The van der Waals surface area contributed by atoms with Crippen LogP contribution in [0.5, 0.6) is 0 Å². The van der Waals surface area contributed by atoms with Gasteiger partial charge in [0.2, 0.25) is 5.91 Å². The van der Waals surface area contributed by atoms with E-state index in [4.69, 9.17) is 0 Å². The molecule has 4 N–H and O–H groups in total. The van der Waals surface area contributed by atoms with Crippen molar-refractivity contribution in [3.63, 3.8) is 0 Å². The van der Waals surface area contributed by atoms with Gasteiger partial charge in [-0.2, -0.15) is 0 Å². The van der Waals surface area contributed by atoms with Crippen LogP contribution in [0.3, 0.4) is 0 Å². The molecule has 6 heteroatoms. The monoisotopic (exact) mass is 232 g/mol. The third-order valence-electron chi connectivity index (χ3n) is 3.24. The number of rotatable bonds is 5. The van der Waals surface area contributed by atoms with Gasteiger partial charge in [0.05, 0.1) is 25.9 Å². The number of piperidine rings is 1. The minimum Gasteiger partial charge on any atom is -0.394 e. The standard InChI is InChI=1S/C10H20N2O4/c1-11-8-3-2-4-12(9(8)16)10(5-13,6-14)7-15/h8,11,13-15H,2-7H2,1H3. The first-order valence-electron chi connectivity index (χ1n) is 5.46. The number of aliphatic hydroxyl groups is 3. The Balaban J connectivity index is 2.87. The zero-order valence-corrected chi connectivity index (χ0v) is 9.52. The average molecular weight is 232 g/mol. The van der Waals surface area contributed by atoms with Crippen LogP contribution in [-0.4, -0.2) is 71.1 Å². The number of nitrogens with one attached hydrogen (secondary N) is 1. The lowest BCUT2D eigenvalue weighted by atomic mass is 9.94. The summed E-state index contributed by atoms with van der Waals surface area (Å²) < 4.78 is 0. The zero-order chi connectivity index (χ0) is 12.2. The Morgan fingerprint density at radius 2 is 1.94 bits per heavy atom. The molecule has 6 nitrogen and oxygen atoms in total. The Morgan fingerprint density at radius 1 is 1.38 bits per heavy atom. The lowest BCUT2D eigenvalue weighted by Crippen LogP contribution is -2.64. The summed E-state index contributed by atoms with van der Waals surface area (Å²) in [6.07, 6.45) is 1.53. The molecule has 1 atom stereocenters. The summed E-state index contributed by atoms with van der Waals surface area (Å²) in [6.45, 7) is -0.870. The summed E-state index contributed by atoms with van der Waals surface area (Å²) in [5.41, 5.74) is -1.24. The fourth-order valence-electron chi connectivity index (χ4n) is 2.02. The van der Waals surface area contributed by atoms with Gasteiger partial charge >= 0.3 is 0 Å². The molecular formula is C10H20N2O4. The predicted octanol–water partition coefficient (Wildman–Crippen LogP) is -2.09. The van der Waals surface area contributed by atoms with Gasteiger partial charge in [0.1, 0.15) is 5.54 Å². The van der Waals surface area contributed by atoms with Crippen LogP contribution in [0.15, 0.2) is 0 Å². The first-order valence-corrected chi connectivity index (χ1v) is 5.46. The second kappa shape index (κ2) is 5.58. The molecule has 1 saturated heterocycles. The number of carbonyl (C=O) groups excluding carboxylic acids is 1. The van der Waals surface area contributed by atoms with Crippen molar-refractivity contribution >= 4 is 5.91 Å². The molecule has 0 aromatic heterocycles. The van der Waals surface area contributed by atoms with Crippen molar-refractivity contribution in [2.45, 2.75) is 24.4 Å². The van der Waals surface area contributed by atoms with Crippen LogP contribution in [-0.2, 0) is 4.79 Å². The van der Waals surface area contributed by atoms with E-state index in [0.717, 1.165) is 12.8 Å². The third kappa shape index (κ3) is 2.20. The Morgan fingerprint density at radius 3 is 2.38 bits per heavy atom. The number of amides is 1. The van der Waals surface area contributed by atoms with Gasteiger partial charge in [-0.25, -0.2) is 0 Å². The maximum absolute atomic E-state index is 12.0. The molecular weight excluding hydrogens is 212 g/mol. The molecule has 0 aromatic carbocycles. The van der Waals surface area contributed by atoms with Crippen molar-refractivity contribution in [1.29, 1.82) is 0 Å². The smallest absolute Gasteiger partial charge is 0.240 e. The van der Waals surface area contributed by atoms with Crippen molar-refractivity contribution in [3.8, 4) is 0 Å². The van der Waals surface area contributed by atoms with Crippen molar-refractivity contribution in [2.24, 2.45) is 0 Å². The molecule has 0 spiro atoms. The van der Waals surface area contributed by atoms with Gasteiger partial charge in [-0.05, 0) is 19.9 Å². The maximum Gasteiger partial charge on any atom is 0.240 e. The summed E-state index contributed by atoms with van der Waals surface area (Å²) in [5.74, 6) is -0.175. The van der Waals surface area contributed by atoms with Crippen LogP contribution in [0.2, 0.25) is 0 Å².